The Labute approximate surface area is 186 Å². The van der Waals surface area contributed by atoms with E-state index in [0.717, 1.165) is 44.0 Å². The van der Waals surface area contributed by atoms with Crippen LogP contribution < -0.4 is 10.6 Å². The first kappa shape index (κ1) is 19.8. The minimum Gasteiger partial charge on any atom is -0.508 e. The van der Waals surface area contributed by atoms with Gasteiger partial charge < -0.3 is 20.8 Å². The summed E-state index contributed by atoms with van der Waals surface area (Å²) in [7, 11) is 0. The van der Waals surface area contributed by atoms with Gasteiger partial charge in [-0.15, -0.1) is 0 Å². The topological polar surface area (TPSA) is 64.5 Å². The fraction of sp³-hybridized carbons (Fsp3) is 0.0714. The molecule has 0 radical (unpaired) electrons. The Hall–Kier alpha value is -4.18. The van der Waals surface area contributed by atoms with Crippen LogP contribution in [0.3, 0.4) is 0 Å². The van der Waals surface area contributed by atoms with Crippen molar-refractivity contribution in [3.05, 3.63) is 108 Å². The second kappa shape index (κ2) is 8.52. The third-order valence-corrected chi connectivity index (χ3v) is 5.86. The molecule has 0 aromatic heterocycles. The number of anilines is 2. The van der Waals surface area contributed by atoms with Crippen LogP contribution in [0.4, 0.5) is 11.4 Å². The van der Waals surface area contributed by atoms with Gasteiger partial charge in [0.05, 0.1) is 0 Å². The molecule has 0 saturated carbocycles. The van der Waals surface area contributed by atoms with Crippen LogP contribution in [0.2, 0.25) is 0 Å². The molecule has 0 aliphatic carbocycles. The Balaban J connectivity index is 1.28. The third-order valence-electron chi connectivity index (χ3n) is 5.86. The molecule has 0 atom stereocenters. The third kappa shape index (κ3) is 3.91. The zero-order valence-electron chi connectivity index (χ0n) is 17.5. The highest BCUT2D eigenvalue weighted by molar-refractivity contribution is 5.88. The molecule has 0 amide bonds. The number of hydrogen-bond acceptors (Lipinski definition) is 4. The monoisotopic (exact) mass is 420 g/mol. The van der Waals surface area contributed by atoms with Crippen molar-refractivity contribution in [3.8, 4) is 11.5 Å². The number of rotatable bonds is 6. The fourth-order valence-corrected chi connectivity index (χ4v) is 4.11. The van der Waals surface area contributed by atoms with E-state index in [9.17, 15) is 10.2 Å². The van der Waals surface area contributed by atoms with E-state index >= 15 is 0 Å². The van der Waals surface area contributed by atoms with Crippen molar-refractivity contribution in [2.75, 3.05) is 10.6 Å². The quantitative estimate of drug-likeness (QED) is 0.249. The van der Waals surface area contributed by atoms with E-state index in [1.165, 1.54) is 0 Å². The maximum Gasteiger partial charge on any atom is 0.121 e. The standard InChI is InChI=1S/C28H24N2O2/c31-27-15-9-19-5-1-3-7-23(19)25(27)17-29-21-11-13-22(14-12-21)30-18-26-24-8-4-2-6-20(24)10-16-28(26)32/h1-16,29-32H,17-18H2. The summed E-state index contributed by atoms with van der Waals surface area (Å²) in [5.74, 6) is 0.591. The van der Waals surface area contributed by atoms with Gasteiger partial charge in [0.25, 0.3) is 0 Å². The summed E-state index contributed by atoms with van der Waals surface area (Å²) >= 11 is 0. The van der Waals surface area contributed by atoms with Crippen molar-refractivity contribution in [1.29, 1.82) is 0 Å². The number of fused-ring (bicyclic) bond motifs is 2. The van der Waals surface area contributed by atoms with Gasteiger partial charge in [-0.1, -0.05) is 60.7 Å². The van der Waals surface area contributed by atoms with E-state index in [-0.39, 0.29) is 0 Å². The molecule has 5 aromatic rings. The largest absolute Gasteiger partial charge is 0.508 e. The average Bonchev–Trinajstić information content (AvgIpc) is 2.83. The summed E-state index contributed by atoms with van der Waals surface area (Å²) in [6.45, 7) is 1.06. The van der Waals surface area contributed by atoms with Gasteiger partial charge in [0.1, 0.15) is 11.5 Å². The van der Waals surface area contributed by atoms with Crippen LogP contribution in [-0.4, -0.2) is 10.2 Å². The van der Waals surface area contributed by atoms with Crippen molar-refractivity contribution in [2.24, 2.45) is 0 Å². The van der Waals surface area contributed by atoms with Gasteiger partial charge in [-0.3, -0.25) is 0 Å². The van der Waals surface area contributed by atoms with E-state index in [0.29, 0.717) is 24.6 Å². The van der Waals surface area contributed by atoms with Crippen LogP contribution in [0.25, 0.3) is 21.5 Å². The smallest absolute Gasteiger partial charge is 0.121 e. The number of nitrogens with one attached hydrogen (secondary N) is 2. The van der Waals surface area contributed by atoms with Gasteiger partial charge >= 0.3 is 0 Å². The summed E-state index contributed by atoms with van der Waals surface area (Å²) in [6, 6.07) is 31.5. The molecule has 4 heteroatoms. The number of phenols is 2. The summed E-state index contributed by atoms with van der Waals surface area (Å²) in [4.78, 5) is 0. The zero-order valence-corrected chi connectivity index (χ0v) is 17.5. The second-order valence-corrected chi connectivity index (χ2v) is 7.85. The van der Waals surface area contributed by atoms with Crippen molar-refractivity contribution in [3.63, 3.8) is 0 Å². The minimum atomic E-state index is 0.296. The number of benzene rings is 5. The van der Waals surface area contributed by atoms with Gasteiger partial charge in [0.15, 0.2) is 0 Å². The van der Waals surface area contributed by atoms with Crippen LogP contribution in [0.15, 0.2) is 97.1 Å². The molecule has 5 aromatic carbocycles. The van der Waals surface area contributed by atoms with Crippen molar-refractivity contribution in [2.45, 2.75) is 13.1 Å². The van der Waals surface area contributed by atoms with Crippen molar-refractivity contribution >= 4 is 32.9 Å². The molecule has 0 unspecified atom stereocenters. The molecular formula is C28H24N2O2. The van der Waals surface area contributed by atoms with E-state index in [1.54, 1.807) is 12.1 Å². The molecule has 32 heavy (non-hydrogen) atoms. The van der Waals surface area contributed by atoms with E-state index < -0.39 is 0 Å². The molecule has 4 N–H and O–H groups in total. The summed E-state index contributed by atoms with van der Waals surface area (Å²) in [6.07, 6.45) is 0. The highest BCUT2D eigenvalue weighted by Gasteiger charge is 2.08. The maximum absolute atomic E-state index is 10.3. The predicted octanol–water partition coefficient (Wildman–Crippen LogP) is 6.63. The van der Waals surface area contributed by atoms with Gasteiger partial charge in [0.2, 0.25) is 0 Å². The first-order chi connectivity index (χ1) is 15.7. The highest BCUT2D eigenvalue weighted by Crippen LogP contribution is 2.29. The average molecular weight is 421 g/mol. The summed E-state index contributed by atoms with van der Waals surface area (Å²) < 4.78 is 0. The molecular weight excluding hydrogens is 396 g/mol. The van der Waals surface area contributed by atoms with Gasteiger partial charge in [0, 0.05) is 35.6 Å². The van der Waals surface area contributed by atoms with E-state index in [2.05, 4.69) is 10.6 Å². The summed E-state index contributed by atoms with van der Waals surface area (Å²) in [5, 5.41) is 31.8. The maximum atomic E-state index is 10.3. The lowest BCUT2D eigenvalue weighted by molar-refractivity contribution is 0.470. The number of aromatic hydroxyl groups is 2. The Morgan fingerprint density at radius 1 is 0.469 bits per heavy atom. The van der Waals surface area contributed by atoms with Gasteiger partial charge in [-0.25, -0.2) is 0 Å². The molecule has 0 heterocycles. The lowest BCUT2D eigenvalue weighted by Gasteiger charge is -2.13. The van der Waals surface area contributed by atoms with E-state index in [1.807, 2.05) is 84.9 Å². The molecule has 158 valence electrons. The molecule has 4 nitrogen and oxygen atoms in total. The zero-order chi connectivity index (χ0) is 21.9. The molecule has 0 aliphatic rings. The highest BCUT2D eigenvalue weighted by atomic mass is 16.3. The Morgan fingerprint density at radius 3 is 1.31 bits per heavy atom. The number of hydrogen-bond donors (Lipinski definition) is 4. The van der Waals surface area contributed by atoms with Crippen molar-refractivity contribution in [1.82, 2.24) is 0 Å². The second-order valence-electron chi connectivity index (χ2n) is 7.85. The van der Waals surface area contributed by atoms with E-state index in [4.69, 9.17) is 0 Å². The molecule has 0 spiro atoms. The molecule has 5 rings (SSSR count). The molecule has 0 fully saturated rings. The molecule has 0 aliphatic heterocycles. The first-order valence-electron chi connectivity index (χ1n) is 10.7. The van der Waals surface area contributed by atoms with Crippen molar-refractivity contribution < 1.29 is 10.2 Å². The van der Waals surface area contributed by atoms with Crippen LogP contribution in [0, 0.1) is 0 Å². The number of phenolic OH excluding ortho intramolecular Hbond substituents is 2. The van der Waals surface area contributed by atoms with Gasteiger partial charge in [-0.05, 0) is 57.9 Å². The first-order valence-corrected chi connectivity index (χ1v) is 10.7. The van der Waals surface area contributed by atoms with Crippen LogP contribution in [0.1, 0.15) is 11.1 Å². The lowest BCUT2D eigenvalue weighted by atomic mass is 10.0. The SMILES string of the molecule is Oc1ccc2ccccc2c1CNc1ccc(NCc2c(O)ccc3ccccc23)cc1. The van der Waals surface area contributed by atoms with Gasteiger partial charge in [-0.2, -0.15) is 0 Å². The summed E-state index contributed by atoms with van der Waals surface area (Å²) in [5.41, 5.74) is 3.71. The Bertz CT molecular complexity index is 1290. The molecule has 0 bridgehead atoms. The normalized spacial score (nSPS) is 11.0. The Kier molecular flexibility index (Phi) is 5.26. The van der Waals surface area contributed by atoms with Crippen LogP contribution in [0.5, 0.6) is 11.5 Å². The molecule has 0 saturated heterocycles. The predicted molar refractivity (Wildman–Crippen MR) is 132 cm³/mol. The minimum absolute atomic E-state index is 0.296. The Morgan fingerprint density at radius 2 is 0.875 bits per heavy atom. The van der Waals surface area contributed by atoms with Crippen LogP contribution in [-0.2, 0) is 13.1 Å². The van der Waals surface area contributed by atoms with Crippen LogP contribution >= 0.6 is 0 Å². The fourth-order valence-electron chi connectivity index (χ4n) is 4.11. The lowest BCUT2D eigenvalue weighted by Crippen LogP contribution is -2.02.